The number of carbonyl (C=O) groups excluding carboxylic acids is 2. The molecule has 23 heavy (non-hydrogen) atoms. The van der Waals surface area contributed by atoms with E-state index in [1.807, 2.05) is 0 Å². The lowest BCUT2D eigenvalue weighted by molar-refractivity contribution is -0.124. The fraction of sp³-hybridized carbons (Fsp3) is 0.389. The summed E-state index contributed by atoms with van der Waals surface area (Å²) in [6, 6.07) is 5.97. The van der Waals surface area contributed by atoms with Gasteiger partial charge in [0.1, 0.15) is 0 Å². The fourth-order valence-corrected chi connectivity index (χ4v) is 4.96. The first-order valence-corrected chi connectivity index (χ1v) is 7.97. The summed E-state index contributed by atoms with van der Waals surface area (Å²) < 4.78 is 0. The SMILES string of the molecule is O=C(O)c1ccc(N2C(=O)[C@@H]3[C@H]4C=C[C@@H]([C@@H]5C[C@@H]45)[C@H]3C2=O)cc1. The lowest BCUT2D eigenvalue weighted by Crippen LogP contribution is -2.40. The molecule has 1 aliphatic heterocycles. The van der Waals surface area contributed by atoms with Gasteiger partial charge in [0.15, 0.2) is 0 Å². The third-order valence-electron chi connectivity index (χ3n) is 6.04. The molecule has 0 unspecified atom stereocenters. The van der Waals surface area contributed by atoms with Gasteiger partial charge in [-0.1, -0.05) is 12.2 Å². The number of imide groups is 1. The van der Waals surface area contributed by atoms with Crippen LogP contribution in [0, 0.1) is 35.5 Å². The summed E-state index contributed by atoms with van der Waals surface area (Å²) in [6.45, 7) is 0. The third kappa shape index (κ3) is 1.54. The van der Waals surface area contributed by atoms with Gasteiger partial charge < -0.3 is 5.11 Å². The number of anilines is 1. The summed E-state index contributed by atoms with van der Waals surface area (Å²) >= 11 is 0. The number of nitrogens with zero attached hydrogens (tertiary/aromatic N) is 1. The molecule has 1 N–H and O–H groups in total. The first-order valence-electron chi connectivity index (χ1n) is 7.97. The van der Waals surface area contributed by atoms with Crippen LogP contribution >= 0.6 is 0 Å². The number of hydrogen-bond acceptors (Lipinski definition) is 3. The number of carboxylic acids is 1. The van der Waals surface area contributed by atoms with Gasteiger partial charge in [-0.05, 0) is 54.4 Å². The zero-order valence-corrected chi connectivity index (χ0v) is 12.3. The number of carboxylic acid groups (broad SMARTS) is 1. The highest BCUT2D eigenvalue weighted by Gasteiger charge is 2.67. The monoisotopic (exact) mass is 309 g/mol. The van der Waals surface area contributed by atoms with Crippen molar-refractivity contribution in [3.8, 4) is 0 Å². The van der Waals surface area contributed by atoms with Crippen LogP contribution in [0.1, 0.15) is 16.8 Å². The van der Waals surface area contributed by atoms with Crippen LogP contribution in [0.25, 0.3) is 0 Å². The molecule has 5 heteroatoms. The average molecular weight is 309 g/mol. The largest absolute Gasteiger partial charge is 0.478 e. The molecule has 4 aliphatic carbocycles. The number of benzene rings is 1. The summed E-state index contributed by atoms with van der Waals surface area (Å²) in [5, 5.41) is 8.97. The summed E-state index contributed by atoms with van der Waals surface area (Å²) in [5.74, 6) is -0.132. The van der Waals surface area contributed by atoms with Gasteiger partial charge in [-0.3, -0.25) is 14.5 Å². The lowest BCUT2D eigenvalue weighted by atomic mass is 9.63. The number of amides is 2. The predicted molar refractivity (Wildman–Crippen MR) is 80.6 cm³/mol. The topological polar surface area (TPSA) is 74.7 Å². The van der Waals surface area contributed by atoms with Gasteiger partial charge in [0, 0.05) is 0 Å². The highest BCUT2D eigenvalue weighted by atomic mass is 16.4. The Kier molecular flexibility index (Phi) is 2.33. The summed E-state index contributed by atoms with van der Waals surface area (Å²) in [5.41, 5.74) is 0.626. The van der Waals surface area contributed by atoms with E-state index in [9.17, 15) is 14.4 Å². The Morgan fingerprint density at radius 2 is 1.48 bits per heavy atom. The predicted octanol–water partition coefficient (Wildman–Crippen LogP) is 1.94. The molecule has 1 aromatic carbocycles. The molecule has 1 saturated heterocycles. The second-order valence-electron chi connectivity index (χ2n) is 7.02. The summed E-state index contributed by atoms with van der Waals surface area (Å²) in [7, 11) is 0. The summed E-state index contributed by atoms with van der Waals surface area (Å²) in [6.07, 6.45) is 5.42. The van der Waals surface area contributed by atoms with Crippen molar-refractivity contribution >= 4 is 23.5 Å². The van der Waals surface area contributed by atoms with Crippen molar-refractivity contribution in [2.24, 2.45) is 35.5 Å². The van der Waals surface area contributed by atoms with Gasteiger partial charge in [-0.2, -0.15) is 0 Å². The molecule has 2 amide bonds. The van der Waals surface area contributed by atoms with E-state index in [1.54, 1.807) is 12.1 Å². The lowest BCUT2D eigenvalue weighted by Gasteiger charge is -2.37. The molecule has 0 spiro atoms. The Hall–Kier alpha value is -2.43. The van der Waals surface area contributed by atoms with E-state index in [0.29, 0.717) is 17.5 Å². The van der Waals surface area contributed by atoms with E-state index >= 15 is 0 Å². The van der Waals surface area contributed by atoms with Gasteiger partial charge in [-0.15, -0.1) is 0 Å². The van der Waals surface area contributed by atoms with Gasteiger partial charge in [0.05, 0.1) is 23.1 Å². The number of hydrogen-bond donors (Lipinski definition) is 1. The molecule has 5 nitrogen and oxygen atoms in total. The van der Waals surface area contributed by atoms with Crippen LogP contribution in [-0.2, 0) is 9.59 Å². The first-order chi connectivity index (χ1) is 11.1. The van der Waals surface area contributed by atoms with Crippen molar-refractivity contribution in [3.05, 3.63) is 42.0 Å². The maximum Gasteiger partial charge on any atom is 0.335 e. The second kappa shape index (κ2) is 4.10. The van der Waals surface area contributed by atoms with Crippen molar-refractivity contribution in [1.82, 2.24) is 0 Å². The molecule has 2 saturated carbocycles. The minimum Gasteiger partial charge on any atom is -0.478 e. The van der Waals surface area contributed by atoms with Gasteiger partial charge in [0.25, 0.3) is 0 Å². The Labute approximate surface area is 132 Å². The smallest absolute Gasteiger partial charge is 0.335 e. The zero-order valence-electron chi connectivity index (χ0n) is 12.3. The van der Waals surface area contributed by atoms with E-state index < -0.39 is 5.97 Å². The van der Waals surface area contributed by atoms with Gasteiger partial charge in [-0.25, -0.2) is 4.79 Å². The third-order valence-corrected chi connectivity index (χ3v) is 6.04. The van der Waals surface area contributed by atoms with Crippen LogP contribution in [0.3, 0.4) is 0 Å². The second-order valence-corrected chi connectivity index (χ2v) is 7.02. The number of carbonyl (C=O) groups is 3. The van der Waals surface area contributed by atoms with Crippen molar-refractivity contribution in [2.45, 2.75) is 6.42 Å². The standard InChI is InChI=1S/C18H15NO4/c20-16-14-10-5-6-11(13-7-12(10)13)15(14)17(21)19(16)9-3-1-8(2-4-9)18(22)23/h1-6,10-15H,7H2,(H,22,23)/t10-,11-,12-,13-,14+,15+/m0/s1. The molecule has 116 valence electrons. The maximum absolute atomic E-state index is 12.9. The molecule has 3 fully saturated rings. The Balaban J connectivity index is 1.53. The van der Waals surface area contributed by atoms with Crippen LogP contribution in [0.2, 0.25) is 0 Å². The normalized spacial score (nSPS) is 39.4. The highest BCUT2D eigenvalue weighted by Crippen LogP contribution is 2.65. The molecule has 6 rings (SSSR count). The molecular weight excluding hydrogens is 294 g/mol. The first kappa shape index (κ1) is 13.0. The van der Waals surface area contributed by atoms with Crippen LogP contribution in [0.4, 0.5) is 5.69 Å². The Bertz CT molecular complexity index is 745. The minimum atomic E-state index is -1.02. The Morgan fingerprint density at radius 1 is 0.957 bits per heavy atom. The van der Waals surface area contributed by atoms with Gasteiger partial charge in [0.2, 0.25) is 11.8 Å². The molecule has 1 aromatic rings. The van der Waals surface area contributed by atoms with Crippen molar-refractivity contribution in [3.63, 3.8) is 0 Å². The molecule has 2 bridgehead atoms. The average Bonchev–Trinajstić information content (AvgIpc) is 3.32. The van der Waals surface area contributed by atoms with E-state index in [2.05, 4.69) is 12.2 Å². The molecule has 6 atom stereocenters. The van der Waals surface area contributed by atoms with Crippen molar-refractivity contribution < 1.29 is 19.5 Å². The van der Waals surface area contributed by atoms with E-state index in [4.69, 9.17) is 5.11 Å². The molecule has 1 heterocycles. The van der Waals surface area contributed by atoms with Crippen molar-refractivity contribution in [1.29, 1.82) is 0 Å². The van der Waals surface area contributed by atoms with Crippen LogP contribution in [-0.4, -0.2) is 22.9 Å². The van der Waals surface area contributed by atoms with Crippen LogP contribution in [0.5, 0.6) is 0 Å². The van der Waals surface area contributed by atoms with Gasteiger partial charge >= 0.3 is 5.97 Å². The number of allylic oxidation sites excluding steroid dienone is 2. The summed E-state index contributed by atoms with van der Waals surface area (Å²) in [4.78, 5) is 38.0. The van der Waals surface area contributed by atoms with Crippen LogP contribution in [0.15, 0.2) is 36.4 Å². The quantitative estimate of drug-likeness (QED) is 0.669. The number of aromatic carboxylic acids is 1. The Morgan fingerprint density at radius 3 is 1.96 bits per heavy atom. The van der Waals surface area contributed by atoms with E-state index in [0.717, 1.165) is 6.42 Å². The fourth-order valence-electron chi connectivity index (χ4n) is 4.96. The minimum absolute atomic E-state index is 0.118. The van der Waals surface area contributed by atoms with Crippen LogP contribution < -0.4 is 4.90 Å². The highest BCUT2D eigenvalue weighted by molar-refractivity contribution is 6.22. The van der Waals surface area contributed by atoms with E-state index in [-0.39, 0.29) is 41.0 Å². The maximum atomic E-state index is 12.9. The van der Waals surface area contributed by atoms with E-state index in [1.165, 1.54) is 17.0 Å². The zero-order chi connectivity index (χ0) is 15.9. The molecule has 5 aliphatic rings. The van der Waals surface area contributed by atoms with Crippen molar-refractivity contribution in [2.75, 3.05) is 4.90 Å². The number of rotatable bonds is 2. The molecule has 0 radical (unpaired) electrons. The molecular formula is C18H15NO4. The molecule has 0 aromatic heterocycles.